The molecule has 3 heteroatoms. The summed E-state index contributed by atoms with van der Waals surface area (Å²) in [4.78, 5) is 0. The second-order valence-corrected chi connectivity index (χ2v) is 7.30. The normalized spacial score (nSPS) is 81.0. The number of alkyl halides is 2. The van der Waals surface area contributed by atoms with Crippen LogP contribution < -0.4 is 0 Å². The van der Waals surface area contributed by atoms with Crippen LogP contribution in [-0.2, 0) is 4.74 Å². The molecular weight excluding hydrogens is 219 g/mol. The van der Waals surface area contributed by atoms with Gasteiger partial charge in [0.25, 0.3) is 0 Å². The Labute approximate surface area is 93.1 Å². The molecule has 0 aromatic carbocycles. The van der Waals surface area contributed by atoms with Gasteiger partial charge in [-0.3, -0.25) is 0 Å². The van der Waals surface area contributed by atoms with Crippen LogP contribution in [0, 0.1) is 35.5 Å². The van der Waals surface area contributed by atoms with Gasteiger partial charge in [-0.05, 0) is 42.9 Å². The van der Waals surface area contributed by atoms with Gasteiger partial charge < -0.3 is 4.74 Å². The van der Waals surface area contributed by atoms with Crippen LogP contribution in [0.2, 0.25) is 0 Å². The molecule has 76 valence electrons. The van der Waals surface area contributed by atoms with Gasteiger partial charge in [0, 0.05) is 11.8 Å². The van der Waals surface area contributed by atoms with E-state index < -0.39 is 0 Å². The van der Waals surface area contributed by atoms with Crippen LogP contribution in [0.5, 0.6) is 0 Å². The first kappa shape index (κ1) is 7.76. The van der Waals surface area contributed by atoms with Crippen molar-refractivity contribution in [3.05, 3.63) is 0 Å². The number of halogens is 2. The fraction of sp³-hybridized carbons (Fsp3) is 1.00. The van der Waals surface area contributed by atoms with Gasteiger partial charge >= 0.3 is 0 Å². The predicted molar refractivity (Wildman–Crippen MR) is 53.0 cm³/mol. The van der Waals surface area contributed by atoms with Gasteiger partial charge in [-0.1, -0.05) is 23.2 Å². The number of rotatable bonds is 0. The second-order valence-electron chi connectivity index (χ2n) is 6.03. The summed E-state index contributed by atoms with van der Waals surface area (Å²) in [6, 6.07) is 0. The largest absolute Gasteiger partial charge is 0.337 e. The van der Waals surface area contributed by atoms with Crippen molar-refractivity contribution in [2.45, 2.75) is 29.4 Å². The molecule has 14 heavy (non-hydrogen) atoms. The molecule has 0 amide bonds. The average Bonchev–Trinajstić information content (AvgIpc) is 2.69. The molecule has 0 aromatic heterocycles. The van der Waals surface area contributed by atoms with Gasteiger partial charge in [0.05, 0.1) is 0 Å². The van der Waals surface area contributed by atoms with Crippen molar-refractivity contribution in [3.63, 3.8) is 0 Å². The predicted octanol–water partition coefficient (Wildman–Crippen LogP) is 2.81. The van der Waals surface area contributed by atoms with E-state index in [-0.39, 0.29) is 10.1 Å². The van der Waals surface area contributed by atoms with Crippen molar-refractivity contribution in [2.24, 2.45) is 35.5 Å². The van der Waals surface area contributed by atoms with E-state index in [0.29, 0.717) is 11.8 Å². The minimum atomic E-state index is -0.359. The average molecular weight is 231 g/mol. The van der Waals surface area contributed by atoms with Crippen molar-refractivity contribution in [1.82, 2.24) is 0 Å². The minimum absolute atomic E-state index is 0.359. The lowest BCUT2D eigenvalue weighted by molar-refractivity contribution is -0.0159. The lowest BCUT2D eigenvalue weighted by Crippen LogP contribution is -2.27. The van der Waals surface area contributed by atoms with E-state index in [1.165, 1.54) is 6.42 Å². The zero-order valence-electron chi connectivity index (χ0n) is 7.75. The van der Waals surface area contributed by atoms with E-state index in [0.717, 1.165) is 36.5 Å². The summed E-state index contributed by atoms with van der Waals surface area (Å²) in [5.41, 5.74) is 0. The van der Waals surface area contributed by atoms with Crippen LogP contribution in [0.3, 0.4) is 0 Å². The summed E-state index contributed by atoms with van der Waals surface area (Å²) in [5, 5.41) is -0.719. The first-order valence-electron chi connectivity index (χ1n) is 5.70. The van der Waals surface area contributed by atoms with Crippen LogP contribution in [0.15, 0.2) is 0 Å². The first-order valence-corrected chi connectivity index (χ1v) is 6.46. The Morgan fingerprint density at radius 1 is 0.857 bits per heavy atom. The van der Waals surface area contributed by atoms with Crippen molar-refractivity contribution >= 4 is 23.2 Å². The summed E-state index contributed by atoms with van der Waals surface area (Å²) >= 11 is 13.2. The summed E-state index contributed by atoms with van der Waals surface area (Å²) < 4.78 is 6.04. The molecule has 1 saturated heterocycles. The zero-order chi connectivity index (χ0) is 9.29. The molecule has 5 aliphatic rings. The van der Waals surface area contributed by atoms with Crippen LogP contribution >= 0.6 is 23.2 Å². The summed E-state index contributed by atoms with van der Waals surface area (Å²) in [6.07, 6.45) is 3.56. The van der Waals surface area contributed by atoms with Crippen molar-refractivity contribution < 1.29 is 4.74 Å². The van der Waals surface area contributed by atoms with Gasteiger partial charge in [-0.15, -0.1) is 0 Å². The van der Waals surface area contributed by atoms with E-state index in [2.05, 4.69) is 0 Å². The Kier molecular flexibility index (Phi) is 0.989. The molecule has 0 aromatic rings. The molecule has 0 unspecified atom stereocenters. The maximum atomic E-state index is 6.62. The molecule has 1 aliphatic heterocycles. The summed E-state index contributed by atoms with van der Waals surface area (Å²) in [6.45, 7) is 0. The van der Waals surface area contributed by atoms with Crippen LogP contribution in [0.4, 0.5) is 0 Å². The Morgan fingerprint density at radius 3 is 1.86 bits per heavy atom. The Morgan fingerprint density at radius 2 is 1.36 bits per heavy atom. The molecular formula is C11H12Cl2O. The lowest BCUT2D eigenvalue weighted by atomic mass is 9.80. The summed E-state index contributed by atoms with van der Waals surface area (Å²) in [7, 11) is 0. The molecule has 0 N–H and O–H groups in total. The molecule has 8 atom stereocenters. The SMILES string of the molecule is Cl[C@]12C[C@@H]3[C@H]4C[C@@](Cl)(O1)[C@H]1[C@@H]4C[C@@H]3[C@H]12. The second kappa shape index (κ2) is 1.78. The molecule has 5 rings (SSSR count). The molecule has 2 bridgehead atoms. The number of ether oxygens (including phenoxy) is 1. The minimum Gasteiger partial charge on any atom is -0.337 e. The molecule has 4 saturated carbocycles. The molecule has 5 fully saturated rings. The van der Waals surface area contributed by atoms with E-state index in [1.807, 2.05) is 0 Å². The number of hydrogen-bond acceptors (Lipinski definition) is 1. The zero-order valence-corrected chi connectivity index (χ0v) is 9.26. The Bertz CT molecular complexity index is 323. The van der Waals surface area contributed by atoms with Crippen LogP contribution in [0.25, 0.3) is 0 Å². The third-order valence-corrected chi connectivity index (χ3v) is 6.83. The fourth-order valence-electron chi connectivity index (χ4n) is 5.85. The summed E-state index contributed by atoms with van der Waals surface area (Å²) in [5.74, 6) is 4.60. The third-order valence-electron chi connectivity index (χ3n) is 5.87. The van der Waals surface area contributed by atoms with E-state index >= 15 is 0 Å². The molecule has 0 spiro atoms. The maximum absolute atomic E-state index is 6.62. The monoisotopic (exact) mass is 230 g/mol. The molecule has 0 radical (unpaired) electrons. The Balaban J connectivity index is 1.86. The number of fused-ring (bicyclic) bond motifs is 1. The quantitative estimate of drug-likeness (QED) is 0.582. The third kappa shape index (κ3) is 0.522. The van der Waals surface area contributed by atoms with Gasteiger partial charge in [0.1, 0.15) is 10.1 Å². The van der Waals surface area contributed by atoms with Gasteiger partial charge in [0.2, 0.25) is 0 Å². The van der Waals surface area contributed by atoms with Crippen molar-refractivity contribution in [2.75, 3.05) is 0 Å². The van der Waals surface area contributed by atoms with Gasteiger partial charge in [-0.25, -0.2) is 0 Å². The van der Waals surface area contributed by atoms with Crippen LogP contribution in [-0.4, -0.2) is 10.1 Å². The van der Waals surface area contributed by atoms with E-state index in [4.69, 9.17) is 27.9 Å². The fourth-order valence-corrected chi connectivity index (χ4v) is 7.12. The van der Waals surface area contributed by atoms with Crippen LogP contribution in [0.1, 0.15) is 19.3 Å². The van der Waals surface area contributed by atoms with Crippen molar-refractivity contribution in [3.8, 4) is 0 Å². The van der Waals surface area contributed by atoms with Gasteiger partial charge in [0.15, 0.2) is 0 Å². The smallest absolute Gasteiger partial charge is 0.147 e. The van der Waals surface area contributed by atoms with Crippen molar-refractivity contribution in [1.29, 1.82) is 0 Å². The lowest BCUT2D eigenvalue weighted by Gasteiger charge is -2.24. The molecule has 4 aliphatic carbocycles. The maximum Gasteiger partial charge on any atom is 0.147 e. The highest BCUT2D eigenvalue weighted by atomic mass is 35.5. The van der Waals surface area contributed by atoms with E-state index in [1.54, 1.807) is 0 Å². The topological polar surface area (TPSA) is 9.23 Å². The van der Waals surface area contributed by atoms with E-state index in [9.17, 15) is 0 Å². The first-order chi connectivity index (χ1) is 6.62. The standard InChI is InChI=1S/C11H12Cl2O/c12-10-2-6-4-1-5-7(6)3-11(13,14-10)9(5)8(4)10/h4-9H,1-3H2/t4-,5+,6-,7-,8+,9-,10+,11+/m0/s1. The Hall–Kier alpha value is 0.540. The highest BCUT2D eigenvalue weighted by Crippen LogP contribution is 2.82. The molecule has 1 heterocycles. The number of hydrogen-bond donors (Lipinski definition) is 0. The highest BCUT2D eigenvalue weighted by molar-refractivity contribution is 6.27. The molecule has 1 nitrogen and oxygen atoms in total. The van der Waals surface area contributed by atoms with Gasteiger partial charge in [-0.2, -0.15) is 0 Å². The highest BCUT2D eigenvalue weighted by Gasteiger charge is 2.82.